The Balaban J connectivity index is 2.18. The molecular weight excluding hydrogens is 174 g/mol. The van der Waals surface area contributed by atoms with Crippen molar-refractivity contribution >= 4 is 0 Å². The van der Waals surface area contributed by atoms with E-state index in [1.54, 1.807) is 0 Å². The van der Waals surface area contributed by atoms with Gasteiger partial charge in [0.2, 0.25) is 0 Å². The Morgan fingerprint density at radius 3 is 2.50 bits per heavy atom. The maximum absolute atomic E-state index is 6.08. The smallest absolute Gasteiger partial charge is 0.0754 e. The summed E-state index contributed by atoms with van der Waals surface area (Å²) in [7, 11) is 0. The highest BCUT2D eigenvalue weighted by molar-refractivity contribution is 4.77. The first kappa shape index (κ1) is 12.0. The van der Waals surface area contributed by atoms with Gasteiger partial charge >= 0.3 is 0 Å². The van der Waals surface area contributed by atoms with Gasteiger partial charge in [0, 0.05) is 6.54 Å². The number of rotatable bonds is 6. The molecule has 2 nitrogen and oxygen atoms in total. The molecule has 14 heavy (non-hydrogen) atoms. The summed E-state index contributed by atoms with van der Waals surface area (Å²) in [5.74, 6) is 0. The zero-order valence-corrected chi connectivity index (χ0v) is 9.94. The summed E-state index contributed by atoms with van der Waals surface area (Å²) < 4.78 is 6.08. The van der Waals surface area contributed by atoms with E-state index in [0.717, 1.165) is 13.1 Å². The summed E-state index contributed by atoms with van der Waals surface area (Å²) in [6, 6.07) is 0. The minimum absolute atomic E-state index is 0.00414. The van der Waals surface area contributed by atoms with Crippen LogP contribution in [0.3, 0.4) is 0 Å². The summed E-state index contributed by atoms with van der Waals surface area (Å²) >= 11 is 0. The third kappa shape index (κ3) is 4.43. The number of nitrogens with one attached hydrogen (secondary N) is 1. The van der Waals surface area contributed by atoms with Crippen molar-refractivity contribution in [1.29, 1.82) is 0 Å². The van der Waals surface area contributed by atoms with Gasteiger partial charge in [-0.05, 0) is 39.7 Å². The lowest BCUT2D eigenvalue weighted by atomic mass is 10.1. The zero-order chi connectivity index (χ0) is 10.4. The molecule has 1 rings (SSSR count). The molecule has 1 N–H and O–H groups in total. The predicted molar refractivity (Wildman–Crippen MR) is 60.6 cm³/mol. The maximum atomic E-state index is 6.08. The molecule has 0 aromatic rings. The summed E-state index contributed by atoms with van der Waals surface area (Å²) in [5, 5.41) is 3.42. The molecule has 1 aliphatic carbocycles. The van der Waals surface area contributed by atoms with Gasteiger partial charge in [-0.15, -0.1) is 0 Å². The van der Waals surface area contributed by atoms with Crippen molar-refractivity contribution < 1.29 is 4.74 Å². The molecule has 1 saturated carbocycles. The Kier molecular flexibility index (Phi) is 4.90. The molecule has 0 heterocycles. The summed E-state index contributed by atoms with van der Waals surface area (Å²) in [6.07, 6.45) is 6.94. The Morgan fingerprint density at radius 1 is 1.29 bits per heavy atom. The van der Waals surface area contributed by atoms with Crippen molar-refractivity contribution in [3.63, 3.8) is 0 Å². The highest BCUT2D eigenvalue weighted by Crippen LogP contribution is 2.25. The highest BCUT2D eigenvalue weighted by Gasteiger charge is 2.25. The average Bonchev–Trinajstić information content (AvgIpc) is 2.56. The fourth-order valence-corrected chi connectivity index (χ4v) is 2.07. The van der Waals surface area contributed by atoms with Crippen LogP contribution >= 0.6 is 0 Å². The Bertz CT molecular complexity index is 150. The van der Waals surface area contributed by atoms with E-state index in [4.69, 9.17) is 4.74 Å². The second-order valence-corrected chi connectivity index (χ2v) is 4.96. The third-order valence-electron chi connectivity index (χ3n) is 2.77. The van der Waals surface area contributed by atoms with E-state index >= 15 is 0 Å². The molecular formula is C12H25NO. The van der Waals surface area contributed by atoms with Gasteiger partial charge in [-0.1, -0.05) is 19.8 Å². The van der Waals surface area contributed by atoms with Crippen molar-refractivity contribution in [2.75, 3.05) is 13.1 Å². The second-order valence-electron chi connectivity index (χ2n) is 4.96. The van der Waals surface area contributed by atoms with E-state index in [0.29, 0.717) is 6.10 Å². The van der Waals surface area contributed by atoms with E-state index in [-0.39, 0.29) is 5.60 Å². The fraction of sp³-hybridized carbons (Fsp3) is 1.00. The van der Waals surface area contributed by atoms with Crippen LogP contribution in [0.4, 0.5) is 0 Å². The predicted octanol–water partition coefficient (Wildman–Crippen LogP) is 2.72. The first-order valence-corrected chi connectivity index (χ1v) is 6.02. The minimum Gasteiger partial charge on any atom is -0.371 e. The van der Waals surface area contributed by atoms with Crippen molar-refractivity contribution in [3.8, 4) is 0 Å². The molecule has 0 aromatic carbocycles. The maximum Gasteiger partial charge on any atom is 0.0754 e. The van der Waals surface area contributed by atoms with E-state index in [2.05, 4.69) is 26.1 Å². The van der Waals surface area contributed by atoms with Crippen LogP contribution in [-0.2, 0) is 4.74 Å². The molecule has 0 radical (unpaired) electrons. The highest BCUT2D eigenvalue weighted by atomic mass is 16.5. The second kappa shape index (κ2) is 5.72. The molecule has 1 aliphatic rings. The minimum atomic E-state index is 0.00414. The van der Waals surface area contributed by atoms with Crippen molar-refractivity contribution in [1.82, 2.24) is 5.32 Å². The number of hydrogen-bond donors (Lipinski definition) is 1. The van der Waals surface area contributed by atoms with Gasteiger partial charge in [0.25, 0.3) is 0 Å². The van der Waals surface area contributed by atoms with Crippen LogP contribution < -0.4 is 5.32 Å². The fourth-order valence-electron chi connectivity index (χ4n) is 2.07. The Hall–Kier alpha value is -0.0800. The Morgan fingerprint density at radius 2 is 1.93 bits per heavy atom. The van der Waals surface area contributed by atoms with Gasteiger partial charge in [-0.3, -0.25) is 0 Å². The first-order valence-electron chi connectivity index (χ1n) is 6.02. The van der Waals surface area contributed by atoms with Gasteiger partial charge in [-0.25, -0.2) is 0 Å². The summed E-state index contributed by atoms with van der Waals surface area (Å²) in [5.41, 5.74) is 0.00414. The summed E-state index contributed by atoms with van der Waals surface area (Å²) in [6.45, 7) is 8.63. The van der Waals surface area contributed by atoms with Crippen LogP contribution in [0.1, 0.15) is 52.9 Å². The van der Waals surface area contributed by atoms with Crippen LogP contribution in [-0.4, -0.2) is 24.8 Å². The van der Waals surface area contributed by atoms with Crippen molar-refractivity contribution in [3.05, 3.63) is 0 Å². The molecule has 0 unspecified atom stereocenters. The van der Waals surface area contributed by atoms with Gasteiger partial charge in [-0.2, -0.15) is 0 Å². The molecule has 2 heteroatoms. The molecule has 84 valence electrons. The average molecular weight is 199 g/mol. The standard InChI is InChI=1S/C12H25NO/c1-4-9-13-10-12(2,3)14-11-7-5-6-8-11/h11,13H,4-10H2,1-3H3. The van der Waals surface area contributed by atoms with Gasteiger partial charge in [0.05, 0.1) is 11.7 Å². The van der Waals surface area contributed by atoms with Gasteiger partial charge in [0.15, 0.2) is 0 Å². The number of ether oxygens (including phenoxy) is 1. The third-order valence-corrected chi connectivity index (χ3v) is 2.77. The van der Waals surface area contributed by atoms with Gasteiger partial charge in [0.1, 0.15) is 0 Å². The SMILES string of the molecule is CCCNCC(C)(C)OC1CCCC1. The van der Waals surface area contributed by atoms with Crippen LogP contribution in [0.25, 0.3) is 0 Å². The van der Waals surface area contributed by atoms with E-state index in [1.165, 1.54) is 32.1 Å². The topological polar surface area (TPSA) is 21.3 Å². The first-order chi connectivity index (χ1) is 6.64. The molecule has 0 aromatic heterocycles. The van der Waals surface area contributed by atoms with Crippen molar-refractivity contribution in [2.45, 2.75) is 64.6 Å². The largest absolute Gasteiger partial charge is 0.371 e. The van der Waals surface area contributed by atoms with E-state index in [1.807, 2.05) is 0 Å². The monoisotopic (exact) mass is 199 g/mol. The number of hydrogen-bond acceptors (Lipinski definition) is 2. The lowest BCUT2D eigenvalue weighted by Gasteiger charge is -2.29. The normalized spacial score (nSPS) is 19.1. The van der Waals surface area contributed by atoms with Crippen LogP contribution in [0.2, 0.25) is 0 Å². The van der Waals surface area contributed by atoms with Crippen LogP contribution in [0, 0.1) is 0 Å². The lowest BCUT2D eigenvalue weighted by molar-refractivity contribution is -0.0661. The molecule has 0 bridgehead atoms. The molecule has 0 spiro atoms. The van der Waals surface area contributed by atoms with E-state index in [9.17, 15) is 0 Å². The summed E-state index contributed by atoms with van der Waals surface area (Å²) in [4.78, 5) is 0. The molecule has 1 fully saturated rings. The Labute approximate surface area is 88.4 Å². The molecule has 0 saturated heterocycles. The lowest BCUT2D eigenvalue weighted by Crippen LogP contribution is -2.40. The molecule has 0 atom stereocenters. The quantitative estimate of drug-likeness (QED) is 0.664. The van der Waals surface area contributed by atoms with Crippen molar-refractivity contribution in [2.24, 2.45) is 0 Å². The van der Waals surface area contributed by atoms with Gasteiger partial charge < -0.3 is 10.1 Å². The van der Waals surface area contributed by atoms with Crippen LogP contribution in [0.15, 0.2) is 0 Å². The van der Waals surface area contributed by atoms with Crippen LogP contribution in [0.5, 0.6) is 0 Å². The molecule has 0 aliphatic heterocycles. The van der Waals surface area contributed by atoms with E-state index < -0.39 is 0 Å². The molecule has 0 amide bonds. The zero-order valence-electron chi connectivity index (χ0n) is 9.94.